The normalized spacial score (nSPS) is 42.3. The van der Waals surface area contributed by atoms with Gasteiger partial charge in [0, 0.05) is 0 Å². The van der Waals surface area contributed by atoms with Crippen LogP contribution in [0.15, 0.2) is 24.3 Å². The second-order valence-electron chi connectivity index (χ2n) is 9.56. The maximum Gasteiger partial charge on any atom is 0.341 e. The van der Waals surface area contributed by atoms with Gasteiger partial charge in [0.05, 0.1) is 26.9 Å². The molecule has 3 aliphatic rings. The number of hydrogen-bond acceptors (Lipinski definition) is 16. The summed E-state index contributed by atoms with van der Waals surface area (Å²) in [7, 11) is 1.16. The van der Waals surface area contributed by atoms with Gasteiger partial charge in [0.1, 0.15) is 66.2 Å². The topological polar surface area (TPSA) is 244 Å². The van der Waals surface area contributed by atoms with Gasteiger partial charge in [0.15, 0.2) is 18.7 Å². The summed E-state index contributed by atoms with van der Waals surface area (Å²) in [5.74, 6) is -0.809. The smallest absolute Gasteiger partial charge is 0.341 e. The van der Waals surface area contributed by atoms with Crippen molar-refractivity contribution in [3.05, 3.63) is 29.8 Å². The molecule has 3 fully saturated rings. The van der Waals surface area contributed by atoms with Gasteiger partial charge in [-0.05, 0) is 12.1 Å². The fourth-order valence-corrected chi connectivity index (χ4v) is 4.43. The van der Waals surface area contributed by atoms with Crippen molar-refractivity contribution >= 4 is 5.97 Å². The van der Waals surface area contributed by atoms with Crippen LogP contribution in [0, 0.1) is 0 Å². The van der Waals surface area contributed by atoms with Crippen molar-refractivity contribution in [1.29, 1.82) is 0 Å². The van der Waals surface area contributed by atoms with Crippen molar-refractivity contribution in [3.63, 3.8) is 0 Å². The Kier molecular flexibility index (Phi) is 10.3. The lowest BCUT2D eigenvalue weighted by atomic mass is 9.98. The molecule has 0 unspecified atom stereocenters. The Morgan fingerprint density at radius 2 is 1.40 bits per heavy atom. The molecule has 0 spiro atoms. The van der Waals surface area contributed by atoms with Gasteiger partial charge in [-0.15, -0.1) is 0 Å². The van der Waals surface area contributed by atoms with Crippen LogP contribution < -0.4 is 4.74 Å². The van der Waals surface area contributed by atoms with Gasteiger partial charge in [-0.3, -0.25) is 0 Å². The van der Waals surface area contributed by atoms with E-state index in [9.17, 15) is 45.6 Å². The van der Waals surface area contributed by atoms with Crippen LogP contribution in [0.2, 0.25) is 0 Å². The van der Waals surface area contributed by atoms with Gasteiger partial charge < -0.3 is 74.0 Å². The molecule has 0 radical (unpaired) electrons. The van der Waals surface area contributed by atoms with E-state index in [0.29, 0.717) is 0 Å². The van der Waals surface area contributed by atoms with Crippen molar-refractivity contribution in [2.45, 2.75) is 79.9 Å². The van der Waals surface area contributed by atoms with Gasteiger partial charge >= 0.3 is 5.97 Å². The first-order valence-electron chi connectivity index (χ1n) is 12.5. The zero-order valence-corrected chi connectivity index (χ0v) is 21.3. The molecule has 226 valence electrons. The van der Waals surface area contributed by atoms with Crippen LogP contribution in [-0.2, 0) is 28.4 Å². The van der Waals surface area contributed by atoms with E-state index < -0.39 is 99.1 Å². The number of esters is 1. The maximum absolute atomic E-state index is 12.3. The number of carbonyl (C=O) groups is 1. The van der Waals surface area contributed by atoms with Crippen LogP contribution in [0.3, 0.4) is 0 Å². The average Bonchev–Trinajstić information content (AvgIpc) is 2.95. The van der Waals surface area contributed by atoms with Crippen LogP contribution in [0.5, 0.6) is 5.75 Å². The molecule has 3 saturated heterocycles. The number of benzene rings is 1. The largest absolute Gasteiger partial charge is 0.465 e. The maximum atomic E-state index is 12.3. The first kappa shape index (κ1) is 30.9. The molecule has 16 heteroatoms. The minimum absolute atomic E-state index is 0.0143. The number of ether oxygens (including phenoxy) is 7. The number of methoxy groups -OCH3 is 1. The summed E-state index contributed by atoms with van der Waals surface area (Å²) in [5.41, 5.74) is -0.0143. The minimum Gasteiger partial charge on any atom is -0.465 e. The van der Waals surface area contributed by atoms with Crippen LogP contribution >= 0.6 is 0 Å². The van der Waals surface area contributed by atoms with Crippen LogP contribution in [-0.4, -0.2) is 154 Å². The predicted octanol–water partition coefficient (Wildman–Crippen LogP) is -4.42. The molecule has 0 bridgehead atoms. The Morgan fingerprint density at radius 3 is 2.05 bits per heavy atom. The number of rotatable bonds is 8. The fraction of sp³-hybridized carbons (Fsp3) is 0.708. The lowest BCUT2D eigenvalue weighted by Crippen LogP contribution is -2.64. The molecule has 0 amide bonds. The number of aliphatic hydroxyl groups excluding tert-OH is 8. The predicted molar refractivity (Wildman–Crippen MR) is 125 cm³/mol. The molecule has 4 rings (SSSR count). The van der Waals surface area contributed by atoms with Crippen LogP contribution in [0.1, 0.15) is 10.4 Å². The highest BCUT2D eigenvalue weighted by Crippen LogP contribution is 2.31. The van der Waals surface area contributed by atoms with Crippen molar-refractivity contribution < 1.29 is 78.8 Å². The molecule has 0 aromatic heterocycles. The molecule has 16 nitrogen and oxygen atoms in total. The van der Waals surface area contributed by atoms with Gasteiger partial charge in [0.25, 0.3) is 0 Å². The Morgan fingerprint density at radius 1 is 0.800 bits per heavy atom. The molecule has 3 aliphatic heterocycles. The van der Waals surface area contributed by atoms with E-state index in [1.807, 2.05) is 0 Å². The summed E-state index contributed by atoms with van der Waals surface area (Å²) < 4.78 is 38.0. The molecule has 3 heterocycles. The summed E-state index contributed by atoms with van der Waals surface area (Å²) in [4.78, 5) is 12.3. The van der Waals surface area contributed by atoms with E-state index in [2.05, 4.69) is 0 Å². The monoisotopic (exact) mass is 578 g/mol. The molecule has 40 heavy (non-hydrogen) atoms. The molecular weight excluding hydrogens is 544 g/mol. The molecular formula is C24H34O16. The quantitative estimate of drug-likeness (QED) is 0.136. The Hall–Kier alpha value is -2.03. The van der Waals surface area contributed by atoms with E-state index >= 15 is 0 Å². The first-order chi connectivity index (χ1) is 19.0. The third-order valence-electron chi connectivity index (χ3n) is 6.80. The summed E-state index contributed by atoms with van der Waals surface area (Å²) in [6.45, 7) is -1.26. The number of para-hydroxylation sites is 1. The number of hydrogen-bond donors (Lipinski definition) is 8. The molecule has 1 aromatic rings. The molecule has 1 aromatic carbocycles. The summed E-state index contributed by atoms with van der Waals surface area (Å²) in [6.07, 6.45) is -20.3. The Bertz CT molecular complexity index is 978. The molecule has 0 aliphatic carbocycles. The molecule has 13 atom stereocenters. The summed E-state index contributed by atoms with van der Waals surface area (Å²) in [5, 5.41) is 81.5. The van der Waals surface area contributed by atoms with E-state index in [-0.39, 0.29) is 17.9 Å². The van der Waals surface area contributed by atoms with Crippen molar-refractivity contribution in [2.24, 2.45) is 0 Å². The Balaban J connectivity index is 1.54. The zero-order chi connectivity index (χ0) is 29.1. The second-order valence-corrected chi connectivity index (χ2v) is 9.56. The van der Waals surface area contributed by atoms with Gasteiger partial charge in [-0.1, -0.05) is 12.1 Å². The lowest BCUT2D eigenvalue weighted by molar-refractivity contribution is -0.350. The van der Waals surface area contributed by atoms with E-state index in [1.54, 1.807) is 12.1 Å². The summed E-state index contributed by atoms with van der Waals surface area (Å²) >= 11 is 0. The van der Waals surface area contributed by atoms with E-state index in [1.165, 1.54) is 12.1 Å². The highest BCUT2D eigenvalue weighted by molar-refractivity contribution is 5.92. The third kappa shape index (κ3) is 6.55. The van der Waals surface area contributed by atoms with E-state index in [0.717, 1.165) is 7.11 Å². The van der Waals surface area contributed by atoms with Gasteiger partial charge in [-0.2, -0.15) is 0 Å². The summed E-state index contributed by atoms with van der Waals surface area (Å²) in [6, 6.07) is 5.89. The third-order valence-corrected chi connectivity index (χ3v) is 6.80. The first-order valence-corrected chi connectivity index (χ1v) is 12.5. The van der Waals surface area contributed by atoms with Crippen molar-refractivity contribution in [3.8, 4) is 5.75 Å². The fourth-order valence-electron chi connectivity index (χ4n) is 4.43. The average molecular weight is 579 g/mol. The standard InChI is InChI=1S/C24H34O16/c1-34-21(33)9-4-2-3-5-12(9)38-24-20(40-23-19(32)15(28)11(26)7-36-23)17(30)16(29)13(39-24)8-37-22-18(31)14(27)10(25)6-35-22/h2-5,10-11,13-20,22-32H,6-8H2,1H3/t10-,11-,13-,14+,15+,16-,17+,18-,19-,20-,22+,23+,24-/m1/s1. The highest BCUT2D eigenvalue weighted by Gasteiger charge is 2.51. The SMILES string of the molecule is COC(=O)c1ccccc1O[C@@H]1O[C@H](CO[C@@H]2OC[C@@H](O)[C@H](O)[C@H]2O)[C@@H](O)[C@H](O)[C@H]1O[C@@H]1OC[C@@H](O)[C@H](O)[C@H]1O. The highest BCUT2D eigenvalue weighted by atomic mass is 16.8. The number of carbonyl (C=O) groups excluding carboxylic acids is 1. The Labute approximate surface area is 227 Å². The lowest BCUT2D eigenvalue weighted by Gasteiger charge is -2.45. The number of aliphatic hydroxyl groups is 8. The minimum atomic E-state index is -1.79. The molecule has 8 N–H and O–H groups in total. The van der Waals surface area contributed by atoms with Gasteiger partial charge in [-0.25, -0.2) is 4.79 Å². The van der Waals surface area contributed by atoms with Crippen LogP contribution in [0.4, 0.5) is 0 Å². The van der Waals surface area contributed by atoms with Crippen molar-refractivity contribution in [1.82, 2.24) is 0 Å². The molecule has 0 saturated carbocycles. The second kappa shape index (κ2) is 13.3. The van der Waals surface area contributed by atoms with Gasteiger partial charge in [0.2, 0.25) is 6.29 Å². The van der Waals surface area contributed by atoms with Crippen LogP contribution in [0.25, 0.3) is 0 Å². The zero-order valence-electron chi connectivity index (χ0n) is 21.3. The van der Waals surface area contributed by atoms with E-state index in [4.69, 9.17) is 33.2 Å². The van der Waals surface area contributed by atoms with Crippen molar-refractivity contribution in [2.75, 3.05) is 26.9 Å².